The highest BCUT2D eigenvalue weighted by Crippen LogP contribution is 2.33. The fraction of sp³-hybridized carbons (Fsp3) is 0.625. The molecule has 0 spiro atoms. The van der Waals surface area contributed by atoms with Crippen LogP contribution >= 0.6 is 0 Å². The highest BCUT2D eigenvalue weighted by atomic mass is 16.5. The number of likely N-dealkylation sites (tertiary alicyclic amines) is 1. The molecule has 4 nitrogen and oxygen atoms in total. The summed E-state index contributed by atoms with van der Waals surface area (Å²) in [7, 11) is 3.84. The van der Waals surface area contributed by atoms with Crippen molar-refractivity contribution in [3.63, 3.8) is 0 Å². The summed E-state index contributed by atoms with van der Waals surface area (Å²) in [6.07, 6.45) is 2.68. The molecule has 1 aliphatic rings. The Kier molecular flexibility index (Phi) is 5.26. The molecular weight excluding hydrogens is 250 g/mol. The predicted molar refractivity (Wildman–Crippen MR) is 84.5 cm³/mol. The molecule has 0 aliphatic carbocycles. The number of anilines is 1. The summed E-state index contributed by atoms with van der Waals surface area (Å²) < 4.78 is 5.46. The third-order valence-corrected chi connectivity index (χ3v) is 4.08. The topological polar surface area (TPSA) is 41.7 Å². The zero-order valence-electron chi connectivity index (χ0n) is 12.9. The summed E-state index contributed by atoms with van der Waals surface area (Å²) in [5.41, 5.74) is 8.41. The average molecular weight is 277 g/mol. The lowest BCUT2D eigenvalue weighted by molar-refractivity contribution is 0.346. The summed E-state index contributed by atoms with van der Waals surface area (Å²) in [4.78, 5) is 4.82. The quantitative estimate of drug-likeness (QED) is 0.866. The molecule has 1 aliphatic heterocycles. The molecule has 1 aromatic rings. The number of methoxy groups -OCH3 is 1. The zero-order chi connectivity index (χ0) is 14.5. The lowest BCUT2D eigenvalue weighted by Gasteiger charge is -2.27. The van der Waals surface area contributed by atoms with E-state index in [4.69, 9.17) is 10.5 Å². The van der Waals surface area contributed by atoms with E-state index in [0.717, 1.165) is 24.4 Å². The van der Waals surface area contributed by atoms with E-state index in [0.29, 0.717) is 0 Å². The van der Waals surface area contributed by atoms with Gasteiger partial charge in [-0.15, -0.1) is 0 Å². The highest BCUT2D eigenvalue weighted by Gasteiger charge is 2.17. The molecule has 2 rings (SSSR count). The third kappa shape index (κ3) is 3.44. The van der Waals surface area contributed by atoms with E-state index in [9.17, 15) is 0 Å². The van der Waals surface area contributed by atoms with Crippen LogP contribution in [0.3, 0.4) is 0 Å². The number of hydrogen-bond acceptors (Lipinski definition) is 4. The van der Waals surface area contributed by atoms with Crippen molar-refractivity contribution in [2.24, 2.45) is 5.73 Å². The molecule has 0 radical (unpaired) electrons. The summed E-state index contributed by atoms with van der Waals surface area (Å²) in [6, 6.07) is 6.11. The van der Waals surface area contributed by atoms with Gasteiger partial charge in [0.2, 0.25) is 0 Å². The van der Waals surface area contributed by atoms with Crippen molar-refractivity contribution in [1.82, 2.24) is 4.90 Å². The Labute approximate surface area is 122 Å². The molecule has 0 amide bonds. The fourth-order valence-electron chi connectivity index (χ4n) is 2.92. The number of nitrogens with two attached hydrogens (primary N) is 1. The lowest BCUT2D eigenvalue weighted by Crippen LogP contribution is -2.32. The maximum atomic E-state index is 6.13. The molecule has 1 saturated heterocycles. The minimum atomic E-state index is -0.0320. The average Bonchev–Trinajstić information content (AvgIpc) is 2.96. The summed E-state index contributed by atoms with van der Waals surface area (Å²) in [5, 5.41) is 0. The van der Waals surface area contributed by atoms with Crippen LogP contribution in [0, 0.1) is 0 Å². The van der Waals surface area contributed by atoms with Crippen LogP contribution in [0.4, 0.5) is 5.69 Å². The molecule has 4 heteroatoms. The number of rotatable bonds is 6. The van der Waals surface area contributed by atoms with Crippen molar-refractivity contribution in [2.75, 3.05) is 45.2 Å². The van der Waals surface area contributed by atoms with Gasteiger partial charge in [-0.1, -0.05) is 6.07 Å². The van der Waals surface area contributed by atoms with Gasteiger partial charge in [0.25, 0.3) is 0 Å². The van der Waals surface area contributed by atoms with Crippen LogP contribution in [0.2, 0.25) is 0 Å². The Balaban J connectivity index is 2.09. The first kappa shape index (κ1) is 15.1. The Morgan fingerprint density at radius 3 is 2.65 bits per heavy atom. The van der Waals surface area contributed by atoms with Crippen LogP contribution in [0.1, 0.15) is 31.4 Å². The first-order valence-electron chi connectivity index (χ1n) is 7.49. The van der Waals surface area contributed by atoms with E-state index in [-0.39, 0.29) is 6.04 Å². The second-order valence-electron chi connectivity index (χ2n) is 5.65. The lowest BCUT2D eigenvalue weighted by atomic mass is 10.0. The van der Waals surface area contributed by atoms with E-state index in [1.165, 1.54) is 31.6 Å². The van der Waals surface area contributed by atoms with Crippen molar-refractivity contribution in [1.29, 1.82) is 0 Å². The van der Waals surface area contributed by atoms with E-state index in [1.54, 1.807) is 7.11 Å². The molecule has 0 saturated carbocycles. The molecule has 1 heterocycles. The minimum Gasteiger partial charge on any atom is -0.496 e. The molecule has 1 unspecified atom stereocenters. The smallest absolute Gasteiger partial charge is 0.125 e. The molecular formula is C16H27N3O. The van der Waals surface area contributed by atoms with Crippen molar-refractivity contribution in [3.05, 3.63) is 23.8 Å². The van der Waals surface area contributed by atoms with Gasteiger partial charge in [-0.3, -0.25) is 0 Å². The van der Waals surface area contributed by atoms with Gasteiger partial charge in [0.1, 0.15) is 5.75 Å². The zero-order valence-corrected chi connectivity index (χ0v) is 12.9. The van der Waals surface area contributed by atoms with E-state index < -0.39 is 0 Å². The van der Waals surface area contributed by atoms with Gasteiger partial charge >= 0.3 is 0 Å². The Morgan fingerprint density at radius 1 is 1.35 bits per heavy atom. The molecule has 1 fully saturated rings. The van der Waals surface area contributed by atoms with E-state index in [1.807, 2.05) is 19.1 Å². The largest absolute Gasteiger partial charge is 0.496 e. The van der Waals surface area contributed by atoms with Crippen molar-refractivity contribution in [3.8, 4) is 5.75 Å². The van der Waals surface area contributed by atoms with Gasteiger partial charge in [0, 0.05) is 37.4 Å². The second kappa shape index (κ2) is 6.95. The van der Waals surface area contributed by atoms with Gasteiger partial charge in [-0.25, -0.2) is 0 Å². The minimum absolute atomic E-state index is 0.0320. The molecule has 0 bridgehead atoms. The number of nitrogens with zero attached hydrogens (tertiary/aromatic N) is 2. The number of hydrogen-bond donors (Lipinski definition) is 1. The third-order valence-electron chi connectivity index (χ3n) is 4.08. The fourth-order valence-corrected chi connectivity index (χ4v) is 2.92. The van der Waals surface area contributed by atoms with Crippen LogP contribution in [0.15, 0.2) is 18.2 Å². The maximum absolute atomic E-state index is 6.13. The summed E-state index contributed by atoms with van der Waals surface area (Å²) >= 11 is 0. The Hall–Kier alpha value is -1.26. The van der Waals surface area contributed by atoms with Crippen LogP contribution in [-0.2, 0) is 0 Å². The van der Waals surface area contributed by atoms with E-state index >= 15 is 0 Å². The monoisotopic (exact) mass is 277 g/mol. The van der Waals surface area contributed by atoms with Gasteiger partial charge in [-0.2, -0.15) is 0 Å². The first-order chi connectivity index (χ1) is 9.63. The van der Waals surface area contributed by atoms with Crippen LogP contribution in [-0.4, -0.2) is 45.2 Å². The van der Waals surface area contributed by atoms with E-state index in [2.05, 4.69) is 22.9 Å². The molecule has 112 valence electrons. The van der Waals surface area contributed by atoms with Gasteiger partial charge in [-0.05, 0) is 45.0 Å². The number of benzene rings is 1. The first-order valence-corrected chi connectivity index (χ1v) is 7.49. The van der Waals surface area contributed by atoms with Crippen molar-refractivity contribution >= 4 is 5.69 Å². The van der Waals surface area contributed by atoms with Crippen LogP contribution in [0.5, 0.6) is 5.75 Å². The normalized spacial score (nSPS) is 17.2. The molecule has 20 heavy (non-hydrogen) atoms. The van der Waals surface area contributed by atoms with Gasteiger partial charge in [0.05, 0.1) is 7.11 Å². The summed E-state index contributed by atoms with van der Waals surface area (Å²) in [6.45, 7) is 6.63. The number of likely N-dealkylation sites (N-methyl/N-ethyl adjacent to an activating group) is 1. The molecule has 1 aromatic carbocycles. The predicted octanol–water partition coefficient (Wildman–Crippen LogP) is 2.25. The number of ether oxygens (including phenoxy) is 1. The Bertz CT molecular complexity index is 428. The van der Waals surface area contributed by atoms with Crippen LogP contribution in [0.25, 0.3) is 0 Å². The van der Waals surface area contributed by atoms with Gasteiger partial charge < -0.3 is 20.3 Å². The van der Waals surface area contributed by atoms with Crippen molar-refractivity contribution in [2.45, 2.75) is 25.8 Å². The van der Waals surface area contributed by atoms with Crippen LogP contribution < -0.4 is 15.4 Å². The molecule has 0 aromatic heterocycles. The van der Waals surface area contributed by atoms with Crippen molar-refractivity contribution < 1.29 is 4.74 Å². The molecule has 1 atom stereocenters. The van der Waals surface area contributed by atoms with Gasteiger partial charge in [0.15, 0.2) is 0 Å². The highest BCUT2D eigenvalue weighted by molar-refractivity contribution is 5.60. The second-order valence-corrected chi connectivity index (χ2v) is 5.65. The maximum Gasteiger partial charge on any atom is 0.125 e. The summed E-state index contributed by atoms with van der Waals surface area (Å²) in [5.74, 6) is 0.880. The Morgan fingerprint density at radius 2 is 2.05 bits per heavy atom. The SMILES string of the molecule is COc1cccc(N(C)CCN2CCCC2)c1C(C)N. The standard InChI is InChI=1S/C16H27N3O/c1-13(17)16-14(7-6-8-15(16)20-3)18(2)11-12-19-9-4-5-10-19/h6-8,13H,4-5,9-12,17H2,1-3H3. The molecule has 2 N–H and O–H groups in total.